The van der Waals surface area contributed by atoms with Gasteiger partial charge in [-0.25, -0.2) is 4.39 Å². The van der Waals surface area contributed by atoms with Crippen molar-refractivity contribution in [1.82, 2.24) is 5.16 Å². The fourth-order valence-electron chi connectivity index (χ4n) is 1.89. The number of halogens is 3. The zero-order valence-electron chi connectivity index (χ0n) is 9.86. The largest absolute Gasteiger partial charge is 0.367 e. The van der Waals surface area contributed by atoms with Gasteiger partial charge in [-0.05, 0) is 40.2 Å². The Bertz CT molecular complexity index is 766. The van der Waals surface area contributed by atoms with Gasteiger partial charge in [0.15, 0.2) is 0 Å². The molecule has 20 heavy (non-hydrogen) atoms. The average Bonchev–Trinajstić information content (AvgIpc) is 2.97. The maximum absolute atomic E-state index is 14.1. The number of nitrogen functional groups attached to an aromatic ring is 1. The van der Waals surface area contributed by atoms with Crippen molar-refractivity contribution in [2.75, 3.05) is 5.73 Å². The molecule has 102 valence electrons. The van der Waals surface area contributed by atoms with Crippen molar-refractivity contribution < 1.29 is 8.91 Å². The second kappa shape index (κ2) is 5.20. The molecule has 0 fully saturated rings. The van der Waals surface area contributed by atoms with Gasteiger partial charge in [0.25, 0.3) is 0 Å². The smallest absolute Gasteiger partial charge is 0.230 e. The van der Waals surface area contributed by atoms with Crippen molar-refractivity contribution in [3.05, 3.63) is 45.0 Å². The number of thiophene rings is 1. The first-order valence-corrected chi connectivity index (χ1v) is 7.52. The summed E-state index contributed by atoms with van der Waals surface area (Å²) in [5, 5.41) is 4.18. The molecule has 0 unspecified atom stereocenters. The van der Waals surface area contributed by atoms with Crippen LogP contribution in [-0.2, 0) is 0 Å². The predicted octanol–water partition coefficient (Wildman–Crippen LogP) is 5.21. The molecule has 0 saturated heterocycles. The Balaban J connectivity index is 2.27. The molecule has 0 amide bonds. The van der Waals surface area contributed by atoms with E-state index in [4.69, 9.17) is 21.9 Å². The maximum atomic E-state index is 14.1. The van der Waals surface area contributed by atoms with Crippen molar-refractivity contribution >= 4 is 44.8 Å². The number of anilines is 1. The summed E-state index contributed by atoms with van der Waals surface area (Å²) in [6.45, 7) is 0. The summed E-state index contributed by atoms with van der Waals surface area (Å²) < 4.78 is 20.0. The molecule has 3 aromatic rings. The first kappa shape index (κ1) is 13.6. The van der Waals surface area contributed by atoms with E-state index in [2.05, 4.69) is 21.1 Å². The van der Waals surface area contributed by atoms with Crippen molar-refractivity contribution in [1.29, 1.82) is 0 Å². The summed E-state index contributed by atoms with van der Waals surface area (Å²) in [6, 6.07) is 8.18. The summed E-state index contributed by atoms with van der Waals surface area (Å²) in [5.74, 6) is -0.430. The minimum atomic E-state index is -0.468. The number of hydrogen-bond acceptors (Lipinski definition) is 4. The monoisotopic (exact) mass is 372 g/mol. The average molecular weight is 374 g/mol. The molecule has 7 heteroatoms. The minimum absolute atomic E-state index is 0.0384. The molecule has 1 aromatic carbocycles. The van der Waals surface area contributed by atoms with E-state index < -0.39 is 5.82 Å². The Morgan fingerprint density at radius 3 is 2.70 bits per heavy atom. The van der Waals surface area contributed by atoms with Gasteiger partial charge >= 0.3 is 0 Å². The van der Waals surface area contributed by atoms with E-state index >= 15 is 0 Å². The van der Waals surface area contributed by atoms with Crippen LogP contribution in [0.25, 0.3) is 21.7 Å². The van der Waals surface area contributed by atoms with Crippen LogP contribution in [0.5, 0.6) is 0 Å². The Hall–Kier alpha value is -1.37. The van der Waals surface area contributed by atoms with E-state index in [1.54, 1.807) is 6.07 Å². The van der Waals surface area contributed by atoms with Crippen LogP contribution in [0.1, 0.15) is 0 Å². The van der Waals surface area contributed by atoms with E-state index in [0.717, 1.165) is 8.66 Å². The van der Waals surface area contributed by atoms with Gasteiger partial charge in [0, 0.05) is 5.56 Å². The van der Waals surface area contributed by atoms with E-state index in [1.165, 1.54) is 23.5 Å². The Kier molecular flexibility index (Phi) is 3.54. The molecule has 0 aliphatic heterocycles. The molecule has 0 saturated carbocycles. The molecule has 0 spiro atoms. The number of hydrogen-bond donors (Lipinski definition) is 1. The van der Waals surface area contributed by atoms with E-state index in [9.17, 15) is 4.39 Å². The van der Waals surface area contributed by atoms with Gasteiger partial charge < -0.3 is 10.3 Å². The normalized spacial score (nSPS) is 10.9. The Morgan fingerprint density at radius 1 is 1.25 bits per heavy atom. The SMILES string of the molecule is Nc1onc(-c2ccc(Br)s2)c1-c1c(F)cccc1Cl. The summed E-state index contributed by atoms with van der Waals surface area (Å²) in [4.78, 5) is 0.812. The molecule has 2 aromatic heterocycles. The van der Waals surface area contributed by atoms with Gasteiger partial charge in [-0.1, -0.05) is 22.8 Å². The number of nitrogens with two attached hydrogens (primary N) is 1. The van der Waals surface area contributed by atoms with Crippen molar-refractivity contribution in [2.24, 2.45) is 0 Å². The molecule has 0 atom stereocenters. The van der Waals surface area contributed by atoms with Gasteiger partial charge in [-0.2, -0.15) is 0 Å². The number of rotatable bonds is 2. The van der Waals surface area contributed by atoms with Crippen LogP contribution in [0.2, 0.25) is 5.02 Å². The fraction of sp³-hybridized carbons (Fsp3) is 0. The molecule has 0 bridgehead atoms. The second-order valence-electron chi connectivity index (χ2n) is 3.97. The lowest BCUT2D eigenvalue weighted by atomic mass is 10.0. The molecule has 0 aliphatic rings. The van der Waals surface area contributed by atoms with Gasteiger partial charge in [0.05, 0.1) is 19.2 Å². The topological polar surface area (TPSA) is 52.0 Å². The van der Waals surface area contributed by atoms with Crippen LogP contribution in [0.3, 0.4) is 0 Å². The molecule has 3 nitrogen and oxygen atoms in total. The third-order valence-corrected chi connectivity index (χ3v) is 4.68. The molecule has 2 heterocycles. The minimum Gasteiger partial charge on any atom is -0.367 e. The molecule has 0 radical (unpaired) electrons. The first-order valence-electron chi connectivity index (χ1n) is 5.53. The van der Waals surface area contributed by atoms with Crippen LogP contribution in [0.15, 0.2) is 38.6 Å². The Labute approximate surface area is 131 Å². The van der Waals surface area contributed by atoms with Crippen molar-refractivity contribution in [3.63, 3.8) is 0 Å². The summed E-state index contributed by atoms with van der Waals surface area (Å²) in [6.07, 6.45) is 0. The molecular weight excluding hydrogens is 367 g/mol. The number of aromatic nitrogens is 1. The van der Waals surface area contributed by atoms with Crippen molar-refractivity contribution in [2.45, 2.75) is 0 Å². The molecule has 0 aliphatic carbocycles. The summed E-state index contributed by atoms with van der Waals surface area (Å²) in [5.41, 5.74) is 6.85. The fourth-order valence-corrected chi connectivity index (χ4v) is 3.52. The highest BCUT2D eigenvalue weighted by Gasteiger charge is 2.23. The second-order valence-corrected chi connectivity index (χ2v) is 6.84. The first-order chi connectivity index (χ1) is 9.58. The standard InChI is InChI=1S/C13H7BrClFN2OS/c14-9-5-4-8(20-9)12-11(13(17)19-18-12)10-6(15)2-1-3-7(10)16/h1-5H,17H2. The lowest BCUT2D eigenvalue weighted by Gasteiger charge is -2.05. The predicted molar refractivity (Wildman–Crippen MR) is 82.3 cm³/mol. The van der Waals surface area contributed by atoms with E-state index in [0.29, 0.717) is 11.3 Å². The highest BCUT2D eigenvalue weighted by atomic mass is 79.9. The summed E-state index contributed by atoms with van der Waals surface area (Å²) in [7, 11) is 0. The van der Waals surface area contributed by atoms with Crippen LogP contribution in [0.4, 0.5) is 10.3 Å². The van der Waals surface area contributed by atoms with Crippen LogP contribution in [-0.4, -0.2) is 5.16 Å². The number of benzene rings is 1. The van der Waals surface area contributed by atoms with Crippen LogP contribution < -0.4 is 5.73 Å². The van der Waals surface area contributed by atoms with Gasteiger partial charge in [-0.15, -0.1) is 11.3 Å². The third-order valence-electron chi connectivity index (χ3n) is 2.74. The van der Waals surface area contributed by atoms with Crippen molar-refractivity contribution in [3.8, 4) is 21.7 Å². The van der Waals surface area contributed by atoms with Gasteiger partial charge in [-0.3, -0.25) is 0 Å². The third kappa shape index (κ3) is 2.24. The van der Waals surface area contributed by atoms with E-state index in [1.807, 2.05) is 12.1 Å². The van der Waals surface area contributed by atoms with Gasteiger partial charge in [0.1, 0.15) is 11.5 Å². The van der Waals surface area contributed by atoms with Crippen LogP contribution in [0, 0.1) is 5.82 Å². The molecular formula is C13H7BrClFN2OS. The van der Waals surface area contributed by atoms with Crippen LogP contribution >= 0.6 is 38.9 Å². The quantitative estimate of drug-likeness (QED) is 0.671. The van der Waals surface area contributed by atoms with Gasteiger partial charge in [0.2, 0.25) is 5.88 Å². The number of nitrogens with zero attached hydrogens (tertiary/aromatic N) is 1. The highest BCUT2D eigenvalue weighted by Crippen LogP contribution is 2.43. The summed E-state index contributed by atoms with van der Waals surface area (Å²) >= 11 is 10.9. The zero-order chi connectivity index (χ0) is 14.3. The zero-order valence-corrected chi connectivity index (χ0v) is 13.0. The molecule has 3 rings (SSSR count). The van der Waals surface area contributed by atoms with E-state index in [-0.39, 0.29) is 16.5 Å². The lowest BCUT2D eigenvalue weighted by Crippen LogP contribution is -1.91. The molecule has 2 N–H and O–H groups in total. The lowest BCUT2D eigenvalue weighted by molar-refractivity contribution is 0.439. The highest BCUT2D eigenvalue weighted by molar-refractivity contribution is 9.11. The maximum Gasteiger partial charge on any atom is 0.230 e. The Morgan fingerprint density at radius 2 is 2.05 bits per heavy atom.